The maximum absolute atomic E-state index is 14.1. The third kappa shape index (κ3) is 6.42. The van der Waals surface area contributed by atoms with Gasteiger partial charge in [0.25, 0.3) is 11.8 Å². The van der Waals surface area contributed by atoms with E-state index in [0.717, 1.165) is 61.7 Å². The largest absolute Gasteiger partial charge is 0.493 e. The van der Waals surface area contributed by atoms with Crippen LogP contribution in [0.1, 0.15) is 37.4 Å². The lowest BCUT2D eigenvalue weighted by Crippen LogP contribution is -2.32. The van der Waals surface area contributed by atoms with E-state index in [1.54, 1.807) is 26.4 Å². The van der Waals surface area contributed by atoms with Crippen LogP contribution in [0.5, 0.6) is 11.5 Å². The molecule has 0 fully saturated rings. The molecule has 0 aromatic heterocycles. The van der Waals surface area contributed by atoms with Crippen molar-refractivity contribution in [3.63, 3.8) is 0 Å². The summed E-state index contributed by atoms with van der Waals surface area (Å²) in [7, 11) is 3.29. The van der Waals surface area contributed by atoms with Crippen molar-refractivity contribution >= 4 is 23.2 Å². The molecule has 9 heteroatoms. The quantitative estimate of drug-likeness (QED) is 0.254. The summed E-state index contributed by atoms with van der Waals surface area (Å²) in [6.07, 6.45) is 1.79. The third-order valence-corrected chi connectivity index (χ3v) is 7.34. The first kappa shape index (κ1) is 28.8. The Morgan fingerprint density at radius 1 is 0.810 bits per heavy atom. The molecule has 0 bridgehead atoms. The fraction of sp³-hybridized carbons (Fsp3) is 0.212. The second-order valence-electron chi connectivity index (χ2n) is 10.00. The molecule has 1 aliphatic heterocycles. The number of nitrogens with one attached hydrogen (secondary N) is 2. The summed E-state index contributed by atoms with van der Waals surface area (Å²) >= 11 is 0. The fourth-order valence-corrected chi connectivity index (χ4v) is 5.06. The summed E-state index contributed by atoms with van der Waals surface area (Å²) < 4.78 is 39.0. The first-order valence-corrected chi connectivity index (χ1v) is 13.6. The van der Waals surface area contributed by atoms with Crippen LogP contribution in [-0.2, 0) is 19.4 Å². The molecule has 2 N–H and O–H groups in total. The Bertz CT molecular complexity index is 1590. The zero-order chi connectivity index (χ0) is 29.6. The van der Waals surface area contributed by atoms with Gasteiger partial charge < -0.3 is 20.1 Å². The number of ether oxygens (including phenoxy) is 2. The van der Waals surface area contributed by atoms with Gasteiger partial charge in [-0.15, -0.1) is 0 Å². The normalized spacial score (nSPS) is 12.8. The first-order chi connectivity index (χ1) is 20.4. The Morgan fingerprint density at radius 2 is 1.48 bits per heavy atom. The van der Waals surface area contributed by atoms with Crippen molar-refractivity contribution in [3.05, 3.63) is 118 Å². The molecular weight excluding hydrogens is 540 g/mol. The minimum absolute atomic E-state index is 0.137. The molecule has 1 heterocycles. The van der Waals surface area contributed by atoms with Crippen LogP contribution in [-0.4, -0.2) is 44.0 Å². The molecule has 0 radical (unpaired) electrons. The van der Waals surface area contributed by atoms with Gasteiger partial charge >= 0.3 is 0 Å². The molecule has 2 amide bonds. The van der Waals surface area contributed by atoms with E-state index >= 15 is 0 Å². The zero-order valence-corrected chi connectivity index (χ0v) is 23.4. The second kappa shape index (κ2) is 12.8. The first-order valence-electron chi connectivity index (χ1n) is 13.6. The van der Waals surface area contributed by atoms with Crippen LogP contribution in [0.15, 0.2) is 78.9 Å². The molecule has 0 saturated carbocycles. The number of halogens is 2. The second-order valence-corrected chi connectivity index (χ2v) is 10.00. The number of carbonyl (C=O) groups excluding carboxylic acids is 2. The molecule has 0 atom stereocenters. The van der Waals surface area contributed by atoms with Crippen LogP contribution in [0.4, 0.5) is 20.2 Å². The highest BCUT2D eigenvalue weighted by atomic mass is 19.1. The van der Waals surface area contributed by atoms with Crippen LogP contribution < -0.4 is 20.1 Å². The van der Waals surface area contributed by atoms with Crippen LogP contribution in [0.2, 0.25) is 0 Å². The van der Waals surface area contributed by atoms with Crippen molar-refractivity contribution in [3.8, 4) is 11.5 Å². The van der Waals surface area contributed by atoms with Crippen molar-refractivity contribution in [1.29, 1.82) is 0 Å². The summed E-state index contributed by atoms with van der Waals surface area (Å²) in [5, 5.41) is 5.28. The van der Waals surface area contributed by atoms with Gasteiger partial charge in [-0.2, -0.15) is 0 Å². The van der Waals surface area contributed by atoms with Gasteiger partial charge in [-0.05, 0) is 78.1 Å². The Hall–Kier alpha value is -4.76. The lowest BCUT2D eigenvalue weighted by atomic mass is 9.98. The summed E-state index contributed by atoms with van der Waals surface area (Å²) in [6, 6.07) is 21.2. The summed E-state index contributed by atoms with van der Waals surface area (Å²) in [5.74, 6) is -1.93. The average molecular weight is 572 g/mol. The van der Waals surface area contributed by atoms with Gasteiger partial charge in [0.1, 0.15) is 17.2 Å². The van der Waals surface area contributed by atoms with E-state index in [1.165, 1.54) is 29.3 Å². The van der Waals surface area contributed by atoms with Crippen LogP contribution in [0.25, 0.3) is 0 Å². The van der Waals surface area contributed by atoms with Crippen molar-refractivity contribution in [2.24, 2.45) is 0 Å². The summed E-state index contributed by atoms with van der Waals surface area (Å²) in [6.45, 7) is 2.68. The van der Waals surface area contributed by atoms with E-state index in [1.807, 2.05) is 24.3 Å². The predicted octanol–water partition coefficient (Wildman–Crippen LogP) is 6.09. The molecule has 0 aliphatic carbocycles. The molecule has 4 aromatic carbocycles. The number of nitrogens with zero attached hydrogens (tertiary/aromatic N) is 1. The molecule has 1 aliphatic rings. The molecule has 4 aromatic rings. The third-order valence-electron chi connectivity index (χ3n) is 7.34. The van der Waals surface area contributed by atoms with Gasteiger partial charge in [-0.3, -0.25) is 14.5 Å². The lowest BCUT2D eigenvalue weighted by Gasteiger charge is -2.29. The molecular formula is C33H31F2N3O4. The number of fused-ring (bicyclic) bond motifs is 1. The van der Waals surface area contributed by atoms with Gasteiger partial charge in [0, 0.05) is 25.3 Å². The van der Waals surface area contributed by atoms with E-state index in [0.29, 0.717) is 5.69 Å². The van der Waals surface area contributed by atoms with E-state index in [2.05, 4.69) is 27.7 Å². The number of methoxy groups -OCH3 is 2. The fourth-order valence-electron chi connectivity index (χ4n) is 5.06. The van der Waals surface area contributed by atoms with Crippen LogP contribution >= 0.6 is 0 Å². The van der Waals surface area contributed by atoms with Crippen molar-refractivity contribution in [2.45, 2.75) is 19.4 Å². The smallest absolute Gasteiger partial charge is 0.261 e. The molecule has 42 heavy (non-hydrogen) atoms. The van der Waals surface area contributed by atoms with Crippen molar-refractivity contribution in [1.82, 2.24) is 4.90 Å². The minimum Gasteiger partial charge on any atom is -0.493 e. The van der Waals surface area contributed by atoms with Gasteiger partial charge in [0.15, 0.2) is 11.5 Å². The Kier molecular flexibility index (Phi) is 8.78. The number of hydrogen-bond donors (Lipinski definition) is 2. The minimum atomic E-state index is -0.986. The maximum atomic E-state index is 14.1. The highest BCUT2D eigenvalue weighted by molar-refractivity contribution is 6.12. The van der Waals surface area contributed by atoms with Crippen LogP contribution in [0.3, 0.4) is 0 Å². The number of carbonyl (C=O) groups is 2. The average Bonchev–Trinajstić information content (AvgIpc) is 3.00. The summed E-state index contributed by atoms with van der Waals surface area (Å²) in [4.78, 5) is 28.0. The summed E-state index contributed by atoms with van der Waals surface area (Å²) in [5.41, 5.74) is 3.82. The topological polar surface area (TPSA) is 79.9 Å². The molecule has 5 rings (SSSR count). The molecule has 216 valence electrons. The van der Waals surface area contributed by atoms with E-state index < -0.39 is 29.0 Å². The predicted molar refractivity (Wildman–Crippen MR) is 157 cm³/mol. The lowest BCUT2D eigenvalue weighted by molar-refractivity contribution is 0.101. The number of hydrogen-bond acceptors (Lipinski definition) is 5. The number of rotatable bonds is 9. The van der Waals surface area contributed by atoms with Crippen molar-refractivity contribution < 1.29 is 27.8 Å². The Labute approximate surface area is 243 Å². The monoisotopic (exact) mass is 571 g/mol. The highest BCUT2D eigenvalue weighted by Gasteiger charge is 2.21. The number of benzene rings is 4. The highest BCUT2D eigenvalue weighted by Crippen LogP contribution is 2.33. The molecule has 0 spiro atoms. The van der Waals surface area contributed by atoms with E-state index in [4.69, 9.17) is 9.47 Å². The molecule has 0 saturated heterocycles. The SMILES string of the molecule is COc1cc2c(cc1OC)CN(CCc1ccc(NC(=O)c3ccccc3NC(=O)c3c(F)cccc3F)cc1)CC2. The van der Waals surface area contributed by atoms with Gasteiger partial charge in [-0.25, -0.2) is 8.78 Å². The van der Waals surface area contributed by atoms with E-state index in [-0.39, 0.29) is 11.3 Å². The molecule has 0 unspecified atom stereocenters. The van der Waals surface area contributed by atoms with Gasteiger partial charge in [-0.1, -0.05) is 30.3 Å². The Balaban J connectivity index is 1.18. The maximum Gasteiger partial charge on any atom is 0.261 e. The Morgan fingerprint density at radius 3 is 2.17 bits per heavy atom. The molecule has 7 nitrogen and oxygen atoms in total. The number of anilines is 2. The van der Waals surface area contributed by atoms with Gasteiger partial charge in [0.2, 0.25) is 0 Å². The van der Waals surface area contributed by atoms with Crippen LogP contribution in [0, 0.1) is 11.6 Å². The van der Waals surface area contributed by atoms with Gasteiger partial charge in [0.05, 0.1) is 25.5 Å². The van der Waals surface area contributed by atoms with E-state index in [9.17, 15) is 18.4 Å². The van der Waals surface area contributed by atoms with Crippen molar-refractivity contribution in [2.75, 3.05) is 37.9 Å². The number of amides is 2. The standard InChI is InChI=1S/C33H31F2N3O4/c1-41-29-18-22-15-17-38(20-23(22)19-30(29)42-2)16-14-21-10-12-24(13-11-21)36-32(39)25-6-3-4-9-28(25)37-33(40)31-26(34)7-5-8-27(31)35/h3-13,18-19H,14-17,20H2,1-2H3,(H,36,39)(H,37,40). The zero-order valence-electron chi connectivity index (χ0n) is 23.4. The number of para-hydroxylation sites is 1.